The Morgan fingerprint density at radius 1 is 1.14 bits per heavy atom. The van der Waals surface area contributed by atoms with Gasteiger partial charge >= 0.3 is 18.0 Å². The van der Waals surface area contributed by atoms with Gasteiger partial charge in [0.05, 0.1) is 28.8 Å². The molecule has 5 N–H and O–H groups in total. The van der Waals surface area contributed by atoms with E-state index >= 15 is 0 Å². The van der Waals surface area contributed by atoms with E-state index in [2.05, 4.69) is 16.0 Å². The van der Waals surface area contributed by atoms with Crippen molar-refractivity contribution in [3.8, 4) is 0 Å². The maximum Gasteiger partial charge on any atom is 0.340 e. The average Bonchev–Trinajstić information content (AvgIpc) is 3.31. The van der Waals surface area contributed by atoms with E-state index in [9.17, 15) is 29.4 Å². The lowest BCUT2D eigenvalue weighted by atomic mass is 9.51. The molecule has 37 heavy (non-hydrogen) atoms. The predicted octanol–water partition coefficient (Wildman–Crippen LogP) is 1.56. The molecule has 2 unspecified atom stereocenters. The largest absolute Gasteiger partial charge is 0.479 e. The van der Waals surface area contributed by atoms with E-state index in [1.165, 1.54) is 27.7 Å². The molecule has 0 spiro atoms. The van der Waals surface area contributed by atoms with E-state index < -0.39 is 52.2 Å². The number of aliphatic carboxylic acids is 1. The van der Waals surface area contributed by atoms with Gasteiger partial charge in [-0.05, 0) is 40.5 Å². The SMILES string of the molecule is CC(=O)N[C@@]1(C)C(C)(C)O[C@@](COC(=O)CCCCC2SC[C@@H]3NC(=O)N[C@H]23)(C(=O)O)C(C)(C)C1(C)O. The zero-order valence-corrected chi connectivity index (χ0v) is 23.5. The summed E-state index contributed by atoms with van der Waals surface area (Å²) in [5.41, 5.74) is -8.04. The Bertz CT molecular complexity index is 954. The highest BCUT2D eigenvalue weighted by atomic mass is 32.2. The zero-order chi connectivity index (χ0) is 28.0. The summed E-state index contributed by atoms with van der Waals surface area (Å²) in [5, 5.41) is 31.0. The molecule has 12 heteroatoms. The Morgan fingerprint density at radius 2 is 1.78 bits per heavy atom. The van der Waals surface area contributed by atoms with Crippen LogP contribution in [0.5, 0.6) is 0 Å². The van der Waals surface area contributed by atoms with Crippen LogP contribution in [0.15, 0.2) is 0 Å². The first-order valence-corrected chi connectivity index (χ1v) is 13.8. The Morgan fingerprint density at radius 3 is 2.38 bits per heavy atom. The number of unbranched alkanes of at least 4 members (excludes halogenated alkanes) is 1. The second-order valence-electron chi connectivity index (χ2n) is 11.8. The molecule has 210 valence electrons. The lowest BCUT2D eigenvalue weighted by molar-refractivity contribution is -0.338. The minimum Gasteiger partial charge on any atom is -0.479 e. The first kappa shape index (κ1) is 29.5. The second kappa shape index (κ2) is 9.92. The molecule has 0 aromatic heterocycles. The van der Waals surface area contributed by atoms with Crippen LogP contribution in [0, 0.1) is 5.41 Å². The predicted molar refractivity (Wildman–Crippen MR) is 137 cm³/mol. The quantitative estimate of drug-likeness (QED) is 0.165. The lowest BCUT2D eigenvalue weighted by Crippen LogP contribution is -2.86. The number of ether oxygens (including phenoxy) is 2. The van der Waals surface area contributed by atoms with Crippen molar-refractivity contribution < 1.29 is 38.9 Å². The van der Waals surface area contributed by atoms with E-state index in [-0.39, 0.29) is 29.8 Å². The fraction of sp³-hybridized carbons (Fsp3) is 0.840. The third kappa shape index (κ3) is 4.80. The highest BCUT2D eigenvalue weighted by Gasteiger charge is 2.75. The van der Waals surface area contributed by atoms with Crippen molar-refractivity contribution in [1.29, 1.82) is 0 Å². The van der Waals surface area contributed by atoms with Gasteiger partial charge in [-0.15, -0.1) is 0 Å². The summed E-state index contributed by atoms with van der Waals surface area (Å²) in [7, 11) is 0. The van der Waals surface area contributed by atoms with Crippen molar-refractivity contribution in [2.24, 2.45) is 5.41 Å². The van der Waals surface area contributed by atoms with Crippen LogP contribution in [0.1, 0.15) is 74.1 Å². The van der Waals surface area contributed by atoms with Crippen LogP contribution in [-0.4, -0.2) is 86.1 Å². The van der Waals surface area contributed by atoms with Crippen LogP contribution < -0.4 is 16.0 Å². The number of fused-ring (bicyclic) bond motifs is 1. The number of carboxylic acids is 1. The van der Waals surface area contributed by atoms with Crippen LogP contribution in [0.2, 0.25) is 0 Å². The summed E-state index contributed by atoms with van der Waals surface area (Å²) < 4.78 is 11.6. The van der Waals surface area contributed by atoms with Crippen molar-refractivity contribution in [1.82, 2.24) is 16.0 Å². The second-order valence-corrected chi connectivity index (χ2v) is 13.0. The van der Waals surface area contributed by atoms with Gasteiger partial charge in [0, 0.05) is 29.8 Å². The van der Waals surface area contributed by atoms with Crippen LogP contribution in [-0.2, 0) is 23.9 Å². The molecule has 3 amide bonds. The molecule has 3 aliphatic heterocycles. The van der Waals surface area contributed by atoms with E-state index in [0.717, 1.165) is 18.6 Å². The molecule has 0 aliphatic carbocycles. The van der Waals surface area contributed by atoms with Gasteiger partial charge < -0.3 is 35.6 Å². The number of hydrogen-bond acceptors (Lipinski definition) is 8. The standard InChI is InChI=1S/C25H41N3O8S/c1-14(29)28-23(6)22(4,5)36-25(19(31)32,21(2,3)24(23,7)34)13-35-17(30)11-9-8-10-16-18-15(12-37-16)26-20(33)27-18/h15-16,18,34H,8-13H2,1-7H3,(H,28,29)(H,31,32)(H2,26,27,33)/t15-,16?,18-,23-,24?,25-/m0/s1. The van der Waals surface area contributed by atoms with Crippen molar-refractivity contribution in [2.75, 3.05) is 12.4 Å². The number of hydrogen-bond donors (Lipinski definition) is 5. The molecular formula is C25H41N3O8S. The van der Waals surface area contributed by atoms with Gasteiger partial charge in [0.15, 0.2) is 0 Å². The van der Waals surface area contributed by atoms with E-state index in [1.54, 1.807) is 32.5 Å². The van der Waals surface area contributed by atoms with Crippen LogP contribution in [0.25, 0.3) is 0 Å². The monoisotopic (exact) mass is 543 g/mol. The molecule has 3 fully saturated rings. The molecule has 0 saturated carbocycles. The van der Waals surface area contributed by atoms with Crippen LogP contribution in [0.3, 0.4) is 0 Å². The van der Waals surface area contributed by atoms with Crippen LogP contribution >= 0.6 is 11.8 Å². The summed E-state index contributed by atoms with van der Waals surface area (Å²) >= 11 is 1.80. The third-order valence-corrected chi connectivity index (χ3v) is 10.6. The Hall–Kier alpha value is -2.05. The molecule has 3 heterocycles. The zero-order valence-electron chi connectivity index (χ0n) is 22.7. The van der Waals surface area contributed by atoms with Gasteiger partial charge in [0.2, 0.25) is 11.5 Å². The number of esters is 1. The summed E-state index contributed by atoms with van der Waals surface area (Å²) in [4.78, 5) is 48.8. The summed E-state index contributed by atoms with van der Waals surface area (Å²) in [5.74, 6) is -1.46. The Balaban J connectivity index is 1.64. The third-order valence-electron chi connectivity index (χ3n) is 9.10. The number of rotatable bonds is 9. The highest BCUT2D eigenvalue weighted by Crippen LogP contribution is 2.58. The summed E-state index contributed by atoms with van der Waals surface area (Å²) in [6.07, 6.45) is 2.27. The smallest absolute Gasteiger partial charge is 0.340 e. The van der Waals surface area contributed by atoms with Gasteiger partial charge in [-0.2, -0.15) is 11.8 Å². The fourth-order valence-corrected chi connectivity index (χ4v) is 7.53. The molecular weight excluding hydrogens is 502 g/mol. The van der Waals surface area contributed by atoms with Gasteiger partial charge in [0.1, 0.15) is 6.61 Å². The van der Waals surface area contributed by atoms with Crippen molar-refractivity contribution in [3.05, 3.63) is 0 Å². The molecule has 0 aromatic rings. The van der Waals surface area contributed by atoms with E-state index in [4.69, 9.17) is 9.47 Å². The first-order valence-electron chi connectivity index (χ1n) is 12.7. The van der Waals surface area contributed by atoms with Crippen molar-refractivity contribution >= 4 is 35.6 Å². The number of carboxylic acid groups (broad SMARTS) is 1. The average molecular weight is 544 g/mol. The Kier molecular flexibility index (Phi) is 7.91. The number of amides is 3. The number of nitrogens with one attached hydrogen (secondary N) is 3. The maximum atomic E-state index is 12.7. The Labute approximate surface area is 222 Å². The van der Waals surface area contributed by atoms with Gasteiger partial charge in [-0.25, -0.2) is 9.59 Å². The molecule has 3 rings (SSSR count). The number of aliphatic hydroxyl groups is 1. The highest BCUT2D eigenvalue weighted by molar-refractivity contribution is 8.00. The molecule has 6 atom stereocenters. The van der Waals surface area contributed by atoms with E-state index in [0.29, 0.717) is 6.42 Å². The topological polar surface area (TPSA) is 163 Å². The van der Waals surface area contributed by atoms with Crippen LogP contribution in [0.4, 0.5) is 4.79 Å². The number of urea groups is 1. The van der Waals surface area contributed by atoms with Crippen molar-refractivity contribution in [2.45, 2.75) is 114 Å². The van der Waals surface area contributed by atoms with Gasteiger partial charge in [0.25, 0.3) is 0 Å². The van der Waals surface area contributed by atoms with E-state index in [1.807, 2.05) is 0 Å². The first-order chi connectivity index (χ1) is 16.9. The number of carbonyl (C=O) groups excluding carboxylic acids is 3. The number of carbonyl (C=O) groups is 4. The minimum atomic E-state index is -2.07. The normalized spacial score (nSPS) is 37.7. The van der Waals surface area contributed by atoms with Gasteiger partial charge in [-0.1, -0.05) is 20.3 Å². The van der Waals surface area contributed by atoms with Crippen molar-refractivity contribution in [3.63, 3.8) is 0 Å². The maximum absolute atomic E-state index is 12.7. The molecule has 0 bridgehead atoms. The lowest BCUT2D eigenvalue weighted by Gasteiger charge is -2.67. The molecule has 0 aromatic carbocycles. The fourth-order valence-electron chi connectivity index (χ4n) is 5.99. The molecule has 3 saturated heterocycles. The molecule has 3 aliphatic rings. The molecule has 11 nitrogen and oxygen atoms in total. The van der Waals surface area contributed by atoms with Gasteiger partial charge in [-0.3, -0.25) is 9.59 Å². The number of thioether (sulfide) groups is 1. The minimum absolute atomic E-state index is 0.102. The summed E-state index contributed by atoms with van der Waals surface area (Å²) in [6, 6.07) is 0.112. The summed E-state index contributed by atoms with van der Waals surface area (Å²) in [6.45, 7) is 10.1. The molecule has 0 radical (unpaired) electrons.